The van der Waals surface area contributed by atoms with Crippen molar-refractivity contribution in [1.29, 1.82) is 0 Å². The number of alkyl carbamates (subject to hydrolysis) is 1. The Morgan fingerprint density at radius 2 is 2.09 bits per heavy atom. The molecule has 1 aliphatic rings. The number of nitrogens with one attached hydrogen (secondary N) is 1. The Bertz CT molecular complexity index is 1510. The van der Waals surface area contributed by atoms with Gasteiger partial charge in [-0.2, -0.15) is 0 Å². The van der Waals surface area contributed by atoms with Gasteiger partial charge in [0, 0.05) is 19.7 Å². The minimum absolute atomic E-state index is 0.171. The van der Waals surface area contributed by atoms with Crippen molar-refractivity contribution >= 4 is 39.4 Å². The van der Waals surface area contributed by atoms with E-state index in [2.05, 4.69) is 26.8 Å². The van der Waals surface area contributed by atoms with E-state index in [-0.39, 0.29) is 12.2 Å². The number of nitrogen functional groups attached to an aromatic ring is 1. The van der Waals surface area contributed by atoms with Crippen LogP contribution < -0.4 is 11.1 Å². The van der Waals surface area contributed by atoms with Crippen molar-refractivity contribution < 1.29 is 12.3 Å². The number of pyridine rings is 1. The highest BCUT2D eigenvalue weighted by molar-refractivity contribution is 5.96. The first-order chi connectivity index (χ1) is 16.5. The molecule has 1 amide bonds. The SMILES string of the molecule is [2H]C1([2H])c2c(n(-c3cnc4ccccc4c3)c3c(N)ncnc23)C(=C)C[C@@H]1NC(=O)OC(C)(C)C. The molecular formula is C25H26N6O2. The zero-order valence-corrected chi connectivity index (χ0v) is 18.7. The first-order valence-corrected chi connectivity index (χ1v) is 10.7. The van der Waals surface area contributed by atoms with Crippen molar-refractivity contribution in [2.45, 2.75) is 45.2 Å². The van der Waals surface area contributed by atoms with E-state index in [1.807, 2.05) is 34.9 Å². The number of amides is 1. The molecule has 168 valence electrons. The summed E-state index contributed by atoms with van der Waals surface area (Å²) >= 11 is 0. The number of nitrogens with zero attached hydrogens (tertiary/aromatic N) is 4. The molecule has 3 aromatic heterocycles. The van der Waals surface area contributed by atoms with Gasteiger partial charge in [-0.25, -0.2) is 14.8 Å². The van der Waals surface area contributed by atoms with Gasteiger partial charge in [-0.05, 0) is 51.3 Å². The molecule has 0 aliphatic heterocycles. The largest absolute Gasteiger partial charge is 0.444 e. The summed E-state index contributed by atoms with van der Waals surface area (Å²) in [4.78, 5) is 25.7. The number of carbonyl (C=O) groups is 1. The second-order valence-electron chi connectivity index (χ2n) is 9.05. The van der Waals surface area contributed by atoms with Crippen LogP contribution in [-0.4, -0.2) is 37.3 Å². The Morgan fingerprint density at radius 1 is 1.30 bits per heavy atom. The van der Waals surface area contributed by atoms with Crippen molar-refractivity contribution in [3.63, 3.8) is 0 Å². The van der Waals surface area contributed by atoms with Gasteiger partial charge >= 0.3 is 6.09 Å². The van der Waals surface area contributed by atoms with Crippen molar-refractivity contribution in [2.24, 2.45) is 0 Å². The molecule has 3 heterocycles. The van der Waals surface area contributed by atoms with E-state index >= 15 is 0 Å². The number of benzene rings is 1. The fourth-order valence-electron chi connectivity index (χ4n) is 4.15. The van der Waals surface area contributed by atoms with Crippen LogP contribution in [0.5, 0.6) is 0 Å². The number of fused-ring (bicyclic) bond motifs is 4. The first kappa shape index (κ1) is 18.6. The molecule has 8 heteroatoms. The number of hydrogen-bond acceptors (Lipinski definition) is 6. The molecule has 0 unspecified atom stereocenters. The van der Waals surface area contributed by atoms with Gasteiger partial charge in [0.2, 0.25) is 0 Å². The molecule has 33 heavy (non-hydrogen) atoms. The van der Waals surface area contributed by atoms with Crippen LogP contribution in [0.25, 0.3) is 33.2 Å². The van der Waals surface area contributed by atoms with Gasteiger partial charge < -0.3 is 20.4 Å². The Balaban J connectivity index is 1.71. The van der Waals surface area contributed by atoms with E-state index in [0.29, 0.717) is 33.6 Å². The van der Waals surface area contributed by atoms with Crippen molar-refractivity contribution in [3.8, 4) is 5.69 Å². The maximum absolute atomic E-state index is 12.5. The average molecular weight is 445 g/mol. The van der Waals surface area contributed by atoms with Crippen LogP contribution in [0, 0.1) is 0 Å². The smallest absolute Gasteiger partial charge is 0.407 e. The van der Waals surface area contributed by atoms with Gasteiger partial charge in [-0.3, -0.25) is 4.98 Å². The predicted octanol–water partition coefficient (Wildman–Crippen LogP) is 4.40. The Labute approximate surface area is 194 Å². The topological polar surface area (TPSA) is 108 Å². The second-order valence-corrected chi connectivity index (χ2v) is 9.05. The number of aromatic nitrogens is 4. The summed E-state index contributed by atoms with van der Waals surface area (Å²) in [7, 11) is 0. The number of nitrogens with two attached hydrogens (primary N) is 1. The molecule has 1 aromatic carbocycles. The van der Waals surface area contributed by atoms with E-state index in [1.54, 1.807) is 27.0 Å². The zero-order chi connectivity index (χ0) is 25.1. The van der Waals surface area contributed by atoms with Crippen molar-refractivity contribution in [2.75, 3.05) is 5.73 Å². The summed E-state index contributed by atoms with van der Waals surface area (Å²) in [6.07, 6.45) is 0.498. The second kappa shape index (κ2) is 7.58. The molecule has 0 bridgehead atoms. The third-order valence-electron chi connectivity index (χ3n) is 5.40. The maximum Gasteiger partial charge on any atom is 0.407 e. The summed E-state index contributed by atoms with van der Waals surface area (Å²) in [5, 5.41) is 3.62. The molecule has 1 aliphatic carbocycles. The highest BCUT2D eigenvalue weighted by atomic mass is 16.6. The summed E-state index contributed by atoms with van der Waals surface area (Å²) in [6.45, 7) is 9.50. The molecule has 0 radical (unpaired) electrons. The number of para-hydroxylation sites is 1. The van der Waals surface area contributed by atoms with Crippen LogP contribution in [0.1, 0.15) is 41.2 Å². The predicted molar refractivity (Wildman–Crippen MR) is 129 cm³/mol. The van der Waals surface area contributed by atoms with E-state index in [9.17, 15) is 4.79 Å². The molecule has 8 nitrogen and oxygen atoms in total. The number of hydrogen-bond donors (Lipinski definition) is 2. The summed E-state index contributed by atoms with van der Waals surface area (Å²) in [5.41, 5.74) is 9.42. The van der Waals surface area contributed by atoms with Crippen LogP contribution in [-0.2, 0) is 11.1 Å². The van der Waals surface area contributed by atoms with E-state index in [0.717, 1.165) is 10.9 Å². The van der Waals surface area contributed by atoms with Crippen LogP contribution in [0.2, 0.25) is 0 Å². The summed E-state index contributed by atoms with van der Waals surface area (Å²) in [6, 6.07) is 8.77. The molecule has 0 fully saturated rings. The van der Waals surface area contributed by atoms with E-state index < -0.39 is 24.1 Å². The molecule has 5 rings (SSSR count). The Kier molecular flexibility index (Phi) is 4.28. The molecule has 1 atom stereocenters. The van der Waals surface area contributed by atoms with Crippen LogP contribution >= 0.6 is 0 Å². The average Bonchev–Trinajstić information content (AvgIpc) is 3.14. The lowest BCUT2D eigenvalue weighted by atomic mass is 9.89. The fraction of sp³-hybridized carbons (Fsp3) is 0.280. The lowest BCUT2D eigenvalue weighted by Crippen LogP contribution is -2.41. The summed E-state index contributed by atoms with van der Waals surface area (Å²) < 4.78 is 25.3. The van der Waals surface area contributed by atoms with Crippen LogP contribution in [0.4, 0.5) is 10.6 Å². The van der Waals surface area contributed by atoms with Crippen molar-refractivity contribution in [3.05, 3.63) is 60.7 Å². The molecule has 4 aromatic rings. The minimum Gasteiger partial charge on any atom is -0.444 e. The third kappa shape index (κ3) is 3.77. The quantitative estimate of drug-likeness (QED) is 0.474. The molecular weight excluding hydrogens is 416 g/mol. The van der Waals surface area contributed by atoms with Crippen LogP contribution in [0.3, 0.4) is 0 Å². The fourth-order valence-corrected chi connectivity index (χ4v) is 4.15. The number of rotatable bonds is 2. The van der Waals surface area contributed by atoms with E-state index in [1.165, 1.54) is 6.33 Å². The number of ether oxygens (including phenoxy) is 1. The molecule has 0 spiro atoms. The number of carbonyl (C=O) groups excluding carboxylic acids is 1. The Hall–Kier alpha value is -3.94. The Morgan fingerprint density at radius 3 is 2.88 bits per heavy atom. The van der Waals surface area contributed by atoms with Gasteiger partial charge in [-0.15, -0.1) is 0 Å². The molecule has 0 saturated heterocycles. The highest BCUT2D eigenvalue weighted by Crippen LogP contribution is 2.40. The normalized spacial score (nSPS) is 18.5. The summed E-state index contributed by atoms with van der Waals surface area (Å²) in [5.74, 6) is 0.206. The first-order valence-electron chi connectivity index (χ1n) is 11.7. The van der Waals surface area contributed by atoms with Gasteiger partial charge in [-0.1, -0.05) is 24.8 Å². The van der Waals surface area contributed by atoms with Gasteiger partial charge in [0.05, 0.1) is 28.6 Å². The number of anilines is 1. The zero-order valence-electron chi connectivity index (χ0n) is 20.7. The van der Waals surface area contributed by atoms with E-state index in [4.69, 9.17) is 13.2 Å². The van der Waals surface area contributed by atoms with Crippen molar-refractivity contribution in [1.82, 2.24) is 24.8 Å². The van der Waals surface area contributed by atoms with Gasteiger partial charge in [0.15, 0.2) is 5.82 Å². The molecule has 0 saturated carbocycles. The lowest BCUT2D eigenvalue weighted by Gasteiger charge is -2.28. The minimum atomic E-state index is -2.00. The lowest BCUT2D eigenvalue weighted by molar-refractivity contribution is 0.0504. The monoisotopic (exact) mass is 444 g/mol. The highest BCUT2D eigenvalue weighted by Gasteiger charge is 2.32. The third-order valence-corrected chi connectivity index (χ3v) is 5.40. The van der Waals surface area contributed by atoms with Crippen LogP contribution in [0.15, 0.2) is 49.4 Å². The standard InChI is InChI=1S/C25H26N6O2/c1-14-9-16(30-24(32)33-25(2,3)4)11-18-20-22(23(26)29-13-28-20)31(21(14)18)17-10-15-7-5-6-8-19(15)27-12-17/h5-8,10,12-13,16H,1,9,11H2,2-4H3,(H,30,32)(H2,26,28,29)/t16-/m0/s1/i11D2. The van der Waals surface area contributed by atoms with Gasteiger partial charge in [0.25, 0.3) is 0 Å². The van der Waals surface area contributed by atoms with Gasteiger partial charge in [0.1, 0.15) is 17.4 Å². The maximum atomic E-state index is 12.5. The molecule has 3 N–H and O–H groups in total.